The molecule has 0 atom stereocenters. The maximum atomic E-state index is 10.7. The minimum Gasteiger partial charge on any atom is -0.371 e. The summed E-state index contributed by atoms with van der Waals surface area (Å²) in [6.45, 7) is 0. The number of rotatable bonds is 4. The van der Waals surface area contributed by atoms with Crippen molar-refractivity contribution < 1.29 is 4.92 Å². The van der Waals surface area contributed by atoms with Crippen LogP contribution in [0.25, 0.3) is 0 Å². The number of alkyl halides is 1. The fourth-order valence-corrected chi connectivity index (χ4v) is 2.32. The van der Waals surface area contributed by atoms with Gasteiger partial charge in [-0.2, -0.15) is 0 Å². The van der Waals surface area contributed by atoms with Crippen molar-refractivity contribution in [3.8, 4) is 0 Å². The van der Waals surface area contributed by atoms with Crippen molar-refractivity contribution in [1.29, 1.82) is 0 Å². The fourth-order valence-electron chi connectivity index (χ4n) is 2.11. The summed E-state index contributed by atoms with van der Waals surface area (Å²) in [6, 6.07) is 5.46. The number of nitrogens with zero attached hydrogens (tertiary/aromatic N) is 2. The van der Waals surface area contributed by atoms with Gasteiger partial charge in [-0.1, -0.05) is 0 Å². The van der Waals surface area contributed by atoms with E-state index in [1.807, 2.05) is 7.05 Å². The largest absolute Gasteiger partial charge is 0.371 e. The molecule has 1 saturated carbocycles. The highest BCUT2D eigenvalue weighted by molar-refractivity contribution is 6.17. The van der Waals surface area contributed by atoms with E-state index in [9.17, 15) is 10.1 Å². The molecule has 1 aromatic carbocycles. The second-order valence-electron chi connectivity index (χ2n) is 4.40. The zero-order valence-electron chi connectivity index (χ0n) is 9.73. The summed E-state index contributed by atoms with van der Waals surface area (Å²) in [5, 5.41) is 10.7. The smallest absolute Gasteiger partial charge is 0.269 e. The molecule has 0 saturated heterocycles. The molecule has 0 aliphatic heterocycles. The highest BCUT2D eigenvalue weighted by Crippen LogP contribution is 2.32. The number of halogens is 1. The Morgan fingerprint density at radius 3 is 2.71 bits per heavy atom. The van der Waals surface area contributed by atoms with Crippen molar-refractivity contribution in [2.24, 2.45) is 0 Å². The van der Waals surface area contributed by atoms with E-state index in [1.54, 1.807) is 18.2 Å². The van der Waals surface area contributed by atoms with Crippen molar-refractivity contribution >= 4 is 23.0 Å². The summed E-state index contributed by atoms with van der Waals surface area (Å²) >= 11 is 5.87. The predicted molar refractivity (Wildman–Crippen MR) is 68.7 cm³/mol. The first-order valence-corrected chi connectivity index (χ1v) is 6.23. The number of non-ortho nitro benzene ring substituents is 1. The van der Waals surface area contributed by atoms with Gasteiger partial charge < -0.3 is 4.90 Å². The first kappa shape index (κ1) is 12.2. The van der Waals surface area contributed by atoms with Crippen LogP contribution in [0.15, 0.2) is 18.2 Å². The quantitative estimate of drug-likeness (QED) is 0.470. The Bertz CT molecular complexity index is 433. The lowest BCUT2D eigenvalue weighted by atomic mass is 9.91. The lowest BCUT2D eigenvalue weighted by Gasteiger charge is -2.37. The average Bonchev–Trinajstić information content (AvgIpc) is 2.25. The van der Waals surface area contributed by atoms with Gasteiger partial charge >= 0.3 is 0 Å². The summed E-state index contributed by atoms with van der Waals surface area (Å²) in [5.41, 5.74) is 1.94. The van der Waals surface area contributed by atoms with Crippen LogP contribution < -0.4 is 4.90 Å². The molecule has 0 amide bonds. The molecule has 0 heterocycles. The van der Waals surface area contributed by atoms with Gasteiger partial charge in [0.2, 0.25) is 0 Å². The van der Waals surface area contributed by atoms with Crippen LogP contribution in [0.2, 0.25) is 0 Å². The van der Waals surface area contributed by atoms with Crippen molar-refractivity contribution in [3.63, 3.8) is 0 Å². The first-order chi connectivity index (χ1) is 8.13. The summed E-state index contributed by atoms with van der Waals surface area (Å²) < 4.78 is 0. The third-order valence-corrected chi connectivity index (χ3v) is 3.71. The van der Waals surface area contributed by atoms with E-state index in [-0.39, 0.29) is 10.6 Å². The van der Waals surface area contributed by atoms with E-state index in [0.717, 1.165) is 11.3 Å². The van der Waals surface area contributed by atoms with E-state index in [0.29, 0.717) is 11.9 Å². The molecule has 0 aromatic heterocycles. The van der Waals surface area contributed by atoms with Crippen LogP contribution in [0.3, 0.4) is 0 Å². The van der Waals surface area contributed by atoms with Gasteiger partial charge in [0.1, 0.15) is 0 Å². The van der Waals surface area contributed by atoms with E-state index in [4.69, 9.17) is 11.6 Å². The Hall–Kier alpha value is -1.29. The van der Waals surface area contributed by atoms with Gasteiger partial charge in [-0.3, -0.25) is 10.1 Å². The fraction of sp³-hybridized carbons (Fsp3) is 0.500. The molecule has 17 heavy (non-hydrogen) atoms. The van der Waals surface area contributed by atoms with E-state index in [1.165, 1.54) is 19.3 Å². The molecule has 1 fully saturated rings. The molecular formula is C12H15ClN2O2. The van der Waals surface area contributed by atoms with Crippen LogP contribution >= 0.6 is 11.6 Å². The van der Waals surface area contributed by atoms with Gasteiger partial charge in [0.05, 0.1) is 4.92 Å². The van der Waals surface area contributed by atoms with Gasteiger partial charge in [0.25, 0.3) is 5.69 Å². The molecule has 0 bridgehead atoms. The maximum Gasteiger partial charge on any atom is 0.269 e. The molecule has 0 N–H and O–H groups in total. The molecule has 1 aliphatic carbocycles. The van der Waals surface area contributed by atoms with Crippen LogP contribution in [-0.2, 0) is 5.88 Å². The van der Waals surface area contributed by atoms with Gasteiger partial charge in [0.15, 0.2) is 0 Å². The number of hydrogen-bond acceptors (Lipinski definition) is 3. The Kier molecular flexibility index (Phi) is 3.52. The monoisotopic (exact) mass is 254 g/mol. The predicted octanol–water partition coefficient (Wildman–Crippen LogP) is 3.32. The molecule has 92 valence electrons. The topological polar surface area (TPSA) is 46.4 Å². The second kappa shape index (κ2) is 4.92. The summed E-state index contributed by atoms with van der Waals surface area (Å²) in [4.78, 5) is 12.5. The van der Waals surface area contributed by atoms with Gasteiger partial charge in [-0.25, -0.2) is 0 Å². The van der Waals surface area contributed by atoms with Crippen LogP contribution in [-0.4, -0.2) is 18.0 Å². The van der Waals surface area contributed by atoms with E-state index < -0.39 is 0 Å². The highest BCUT2D eigenvalue weighted by Gasteiger charge is 2.24. The van der Waals surface area contributed by atoms with Crippen LogP contribution in [0.1, 0.15) is 24.8 Å². The van der Waals surface area contributed by atoms with Crippen molar-refractivity contribution in [2.75, 3.05) is 11.9 Å². The number of anilines is 1. The Labute approximate surface area is 105 Å². The van der Waals surface area contributed by atoms with Crippen molar-refractivity contribution in [1.82, 2.24) is 0 Å². The number of hydrogen-bond donors (Lipinski definition) is 0. The number of nitro groups is 1. The zero-order valence-corrected chi connectivity index (χ0v) is 10.5. The zero-order chi connectivity index (χ0) is 12.4. The molecule has 0 radical (unpaired) electrons. The Morgan fingerprint density at radius 1 is 1.53 bits per heavy atom. The van der Waals surface area contributed by atoms with E-state index >= 15 is 0 Å². The molecule has 1 aliphatic rings. The first-order valence-electron chi connectivity index (χ1n) is 5.69. The van der Waals surface area contributed by atoms with Crippen molar-refractivity contribution in [2.45, 2.75) is 31.2 Å². The van der Waals surface area contributed by atoms with Gasteiger partial charge in [0, 0.05) is 36.8 Å². The molecular weight excluding hydrogens is 240 g/mol. The molecule has 4 nitrogen and oxygen atoms in total. The second-order valence-corrected chi connectivity index (χ2v) is 4.67. The standard InChI is InChI=1S/C12H15ClN2O2/c1-14(10-3-2-4-10)12-6-5-11(15(16)17)7-9(12)8-13/h5-7,10H,2-4,8H2,1H3. The van der Waals surface area contributed by atoms with Crippen LogP contribution in [0.5, 0.6) is 0 Å². The Morgan fingerprint density at radius 2 is 2.24 bits per heavy atom. The lowest BCUT2D eigenvalue weighted by Crippen LogP contribution is -2.37. The minimum absolute atomic E-state index is 0.103. The van der Waals surface area contributed by atoms with Crippen LogP contribution in [0.4, 0.5) is 11.4 Å². The number of nitro benzene ring substituents is 1. The highest BCUT2D eigenvalue weighted by atomic mass is 35.5. The summed E-state index contributed by atoms with van der Waals surface area (Å²) in [5.74, 6) is 0.300. The lowest BCUT2D eigenvalue weighted by molar-refractivity contribution is -0.384. The van der Waals surface area contributed by atoms with Crippen molar-refractivity contribution in [3.05, 3.63) is 33.9 Å². The molecule has 1 aromatic rings. The molecule has 0 unspecified atom stereocenters. The summed E-state index contributed by atoms with van der Waals surface area (Å²) in [7, 11) is 2.03. The third-order valence-electron chi connectivity index (χ3n) is 3.42. The van der Waals surface area contributed by atoms with Gasteiger partial charge in [-0.05, 0) is 30.9 Å². The normalized spacial score (nSPS) is 15.4. The molecule has 5 heteroatoms. The SMILES string of the molecule is CN(c1ccc([N+](=O)[O-])cc1CCl)C1CCC1. The van der Waals surface area contributed by atoms with Gasteiger partial charge in [-0.15, -0.1) is 11.6 Å². The molecule has 2 rings (SSSR count). The Balaban J connectivity index is 2.29. The average molecular weight is 255 g/mol. The third kappa shape index (κ3) is 2.36. The number of benzene rings is 1. The maximum absolute atomic E-state index is 10.7. The van der Waals surface area contributed by atoms with Crippen LogP contribution in [0, 0.1) is 10.1 Å². The summed E-state index contributed by atoms with van der Waals surface area (Å²) in [6.07, 6.45) is 3.64. The van der Waals surface area contributed by atoms with E-state index in [2.05, 4.69) is 4.90 Å². The minimum atomic E-state index is -0.386. The molecule has 0 spiro atoms.